The van der Waals surface area contributed by atoms with Gasteiger partial charge in [0.25, 0.3) is 5.91 Å². The van der Waals surface area contributed by atoms with E-state index < -0.39 is 11.9 Å². The second kappa shape index (κ2) is 9.02. The number of ether oxygens (including phenoxy) is 3. The van der Waals surface area contributed by atoms with E-state index in [1.807, 2.05) is 6.07 Å². The number of amides is 1. The summed E-state index contributed by atoms with van der Waals surface area (Å²) in [5.74, 6) is 1.19. The standard InChI is InChI=1S/C28H23NO6/c1-4-14-34-22-13-12-17(15-23(22)33-3)25-24-26(30)20-10-5-6-11-21(20)35-27(24)28(31)29(25)18-8-7-9-19(16-18)32-2/h4-13,15-16,25H,1,14H2,2-3H3. The van der Waals surface area contributed by atoms with E-state index in [1.165, 1.54) is 7.11 Å². The smallest absolute Gasteiger partial charge is 0.295 e. The number of para-hydroxylation sites is 1. The monoisotopic (exact) mass is 469 g/mol. The molecule has 1 aliphatic heterocycles. The zero-order valence-corrected chi connectivity index (χ0v) is 19.3. The van der Waals surface area contributed by atoms with Crippen molar-refractivity contribution in [3.63, 3.8) is 0 Å². The van der Waals surface area contributed by atoms with E-state index in [4.69, 9.17) is 18.6 Å². The Balaban J connectivity index is 1.75. The van der Waals surface area contributed by atoms with Crippen LogP contribution in [0.1, 0.15) is 27.7 Å². The van der Waals surface area contributed by atoms with Crippen LogP contribution in [-0.4, -0.2) is 26.7 Å². The summed E-state index contributed by atoms with van der Waals surface area (Å²) in [7, 11) is 3.09. The molecule has 7 nitrogen and oxygen atoms in total. The molecule has 0 spiro atoms. The molecule has 176 valence electrons. The highest BCUT2D eigenvalue weighted by molar-refractivity contribution is 6.10. The van der Waals surface area contributed by atoms with E-state index in [0.717, 1.165) is 0 Å². The molecule has 0 radical (unpaired) electrons. The maximum atomic E-state index is 13.7. The normalized spacial score (nSPS) is 14.6. The summed E-state index contributed by atoms with van der Waals surface area (Å²) >= 11 is 0. The van der Waals surface area contributed by atoms with Crippen LogP contribution >= 0.6 is 0 Å². The van der Waals surface area contributed by atoms with E-state index in [2.05, 4.69) is 6.58 Å². The molecule has 2 heterocycles. The van der Waals surface area contributed by atoms with Gasteiger partial charge < -0.3 is 18.6 Å². The van der Waals surface area contributed by atoms with Crippen molar-refractivity contribution in [2.45, 2.75) is 6.04 Å². The van der Waals surface area contributed by atoms with Gasteiger partial charge in [0.2, 0.25) is 5.76 Å². The number of benzene rings is 3. The Morgan fingerprint density at radius 1 is 0.971 bits per heavy atom. The number of rotatable bonds is 7. The van der Waals surface area contributed by atoms with Crippen LogP contribution in [0.5, 0.6) is 17.2 Å². The fraction of sp³-hybridized carbons (Fsp3) is 0.143. The minimum atomic E-state index is -0.743. The van der Waals surface area contributed by atoms with Crippen LogP contribution in [0.2, 0.25) is 0 Å². The van der Waals surface area contributed by atoms with Gasteiger partial charge in [-0.3, -0.25) is 14.5 Å². The fourth-order valence-electron chi connectivity index (χ4n) is 4.38. The van der Waals surface area contributed by atoms with Gasteiger partial charge in [0.05, 0.1) is 31.2 Å². The summed E-state index contributed by atoms with van der Waals surface area (Å²) in [6.07, 6.45) is 1.64. The molecule has 1 unspecified atom stereocenters. The highest BCUT2D eigenvalue weighted by Crippen LogP contribution is 2.43. The molecular formula is C28H23NO6. The van der Waals surface area contributed by atoms with Gasteiger partial charge in [0, 0.05) is 11.8 Å². The molecule has 1 aliphatic rings. The van der Waals surface area contributed by atoms with Crippen molar-refractivity contribution in [2.24, 2.45) is 0 Å². The van der Waals surface area contributed by atoms with Crippen LogP contribution in [0.25, 0.3) is 11.0 Å². The van der Waals surface area contributed by atoms with E-state index in [1.54, 1.807) is 78.7 Å². The number of hydrogen-bond donors (Lipinski definition) is 0. The van der Waals surface area contributed by atoms with Crippen LogP contribution in [0.3, 0.4) is 0 Å². The molecule has 0 N–H and O–H groups in total. The first-order chi connectivity index (χ1) is 17.1. The summed E-state index contributed by atoms with van der Waals surface area (Å²) in [5.41, 5.74) is 1.63. The SMILES string of the molecule is C=CCOc1ccc(C2c3c(oc4ccccc4c3=O)C(=O)N2c2cccc(OC)c2)cc1OC. The molecule has 1 amide bonds. The Morgan fingerprint density at radius 3 is 2.57 bits per heavy atom. The molecular weight excluding hydrogens is 446 g/mol. The van der Waals surface area contributed by atoms with Crippen molar-refractivity contribution in [3.05, 3.63) is 106 Å². The van der Waals surface area contributed by atoms with Crippen molar-refractivity contribution >= 4 is 22.6 Å². The first kappa shape index (κ1) is 22.3. The largest absolute Gasteiger partial charge is 0.497 e. The molecule has 0 saturated heterocycles. The Kier molecular flexibility index (Phi) is 5.74. The maximum absolute atomic E-state index is 13.7. The van der Waals surface area contributed by atoms with Gasteiger partial charge in [-0.25, -0.2) is 0 Å². The topological polar surface area (TPSA) is 78.2 Å². The maximum Gasteiger partial charge on any atom is 0.295 e. The predicted molar refractivity (Wildman–Crippen MR) is 133 cm³/mol. The Bertz CT molecular complexity index is 1510. The quantitative estimate of drug-likeness (QED) is 0.350. The fourth-order valence-corrected chi connectivity index (χ4v) is 4.38. The summed E-state index contributed by atoms with van der Waals surface area (Å²) in [6.45, 7) is 3.98. The third kappa shape index (κ3) is 3.71. The molecule has 0 aliphatic carbocycles. The molecule has 5 rings (SSSR count). The predicted octanol–water partition coefficient (Wildman–Crippen LogP) is 5.12. The molecule has 0 bridgehead atoms. The van der Waals surface area contributed by atoms with Crippen LogP contribution in [-0.2, 0) is 0 Å². The number of anilines is 1. The van der Waals surface area contributed by atoms with E-state index in [0.29, 0.717) is 46.1 Å². The number of methoxy groups -OCH3 is 2. The first-order valence-electron chi connectivity index (χ1n) is 11.0. The number of fused-ring (bicyclic) bond motifs is 2. The molecule has 0 fully saturated rings. The minimum Gasteiger partial charge on any atom is -0.497 e. The Morgan fingerprint density at radius 2 is 1.80 bits per heavy atom. The average molecular weight is 469 g/mol. The number of nitrogens with zero attached hydrogens (tertiary/aromatic N) is 1. The molecule has 35 heavy (non-hydrogen) atoms. The Labute approximate surface area is 201 Å². The molecule has 4 aromatic rings. The van der Waals surface area contributed by atoms with Gasteiger partial charge >= 0.3 is 0 Å². The molecule has 1 aromatic heterocycles. The molecule has 0 saturated carbocycles. The van der Waals surface area contributed by atoms with Gasteiger partial charge in [0.15, 0.2) is 16.9 Å². The van der Waals surface area contributed by atoms with E-state index >= 15 is 0 Å². The van der Waals surface area contributed by atoms with Gasteiger partial charge in [-0.2, -0.15) is 0 Å². The van der Waals surface area contributed by atoms with Gasteiger partial charge in [0.1, 0.15) is 17.9 Å². The number of carbonyl (C=O) groups is 1. The van der Waals surface area contributed by atoms with Crippen molar-refractivity contribution in [1.82, 2.24) is 0 Å². The van der Waals surface area contributed by atoms with Crippen LogP contribution in [0.15, 0.2) is 88.6 Å². The van der Waals surface area contributed by atoms with Crippen molar-refractivity contribution < 1.29 is 23.4 Å². The summed E-state index contributed by atoms with van der Waals surface area (Å²) < 4.78 is 22.6. The van der Waals surface area contributed by atoms with Crippen molar-refractivity contribution in [3.8, 4) is 17.2 Å². The first-order valence-corrected chi connectivity index (χ1v) is 11.0. The van der Waals surface area contributed by atoms with Crippen LogP contribution in [0.4, 0.5) is 5.69 Å². The lowest BCUT2D eigenvalue weighted by molar-refractivity contribution is 0.0971. The summed E-state index contributed by atoms with van der Waals surface area (Å²) in [5, 5.41) is 0.412. The third-order valence-corrected chi connectivity index (χ3v) is 5.97. The van der Waals surface area contributed by atoms with Crippen LogP contribution < -0.4 is 24.5 Å². The van der Waals surface area contributed by atoms with Gasteiger partial charge in [-0.15, -0.1) is 0 Å². The highest BCUT2D eigenvalue weighted by atomic mass is 16.5. The molecule has 1 atom stereocenters. The lowest BCUT2D eigenvalue weighted by atomic mass is 9.97. The minimum absolute atomic E-state index is 0.0208. The molecule has 7 heteroatoms. The molecule has 3 aromatic carbocycles. The third-order valence-electron chi connectivity index (χ3n) is 5.97. The van der Waals surface area contributed by atoms with Gasteiger partial charge in [-0.05, 0) is 42.0 Å². The van der Waals surface area contributed by atoms with Gasteiger partial charge in [-0.1, -0.05) is 36.9 Å². The second-order valence-electron chi connectivity index (χ2n) is 7.96. The zero-order chi connectivity index (χ0) is 24.5. The lowest BCUT2D eigenvalue weighted by Gasteiger charge is -2.26. The summed E-state index contributed by atoms with van der Waals surface area (Å²) in [6, 6.07) is 18.6. The van der Waals surface area contributed by atoms with E-state index in [9.17, 15) is 9.59 Å². The number of carbonyl (C=O) groups excluding carboxylic acids is 1. The van der Waals surface area contributed by atoms with Crippen molar-refractivity contribution in [2.75, 3.05) is 25.7 Å². The second-order valence-corrected chi connectivity index (χ2v) is 7.96. The average Bonchev–Trinajstić information content (AvgIpc) is 3.19. The Hall–Kier alpha value is -4.52. The highest BCUT2D eigenvalue weighted by Gasteiger charge is 2.44. The van der Waals surface area contributed by atoms with Crippen LogP contribution in [0, 0.1) is 0 Å². The van der Waals surface area contributed by atoms with Crippen molar-refractivity contribution in [1.29, 1.82) is 0 Å². The zero-order valence-electron chi connectivity index (χ0n) is 19.3. The summed E-state index contributed by atoms with van der Waals surface area (Å²) in [4.78, 5) is 29.0. The number of hydrogen-bond acceptors (Lipinski definition) is 6. The lowest BCUT2D eigenvalue weighted by Crippen LogP contribution is -2.29. The van der Waals surface area contributed by atoms with E-state index in [-0.39, 0.29) is 16.8 Å².